The molecule has 0 unspecified atom stereocenters. The Morgan fingerprint density at radius 3 is 2.53 bits per heavy atom. The third-order valence-electron chi connectivity index (χ3n) is 3.03. The molecule has 0 saturated carbocycles. The quantitative estimate of drug-likeness (QED) is 0.542. The van der Waals surface area contributed by atoms with E-state index < -0.39 is 0 Å². The van der Waals surface area contributed by atoms with Gasteiger partial charge >= 0.3 is 0 Å². The third-order valence-corrected chi connectivity index (χ3v) is 3.03. The lowest BCUT2D eigenvalue weighted by Gasteiger charge is -2.07. The summed E-state index contributed by atoms with van der Waals surface area (Å²) in [7, 11) is 0. The van der Waals surface area contributed by atoms with Crippen molar-refractivity contribution in [3.05, 3.63) is 47.5 Å². The van der Waals surface area contributed by atoms with Gasteiger partial charge in [0.15, 0.2) is 0 Å². The van der Waals surface area contributed by atoms with Crippen LogP contribution in [0.2, 0.25) is 0 Å². The molecule has 0 fully saturated rings. The average molecular weight is 196 g/mol. The molecule has 74 valence electrons. The smallest absolute Gasteiger partial charge is 0.0630 e. The van der Waals surface area contributed by atoms with Crippen LogP contribution in [0.5, 0.6) is 0 Å². The molecule has 1 aliphatic rings. The van der Waals surface area contributed by atoms with Gasteiger partial charge in [0, 0.05) is 5.56 Å². The van der Waals surface area contributed by atoms with Crippen LogP contribution >= 0.6 is 0 Å². The summed E-state index contributed by atoms with van der Waals surface area (Å²) >= 11 is 0. The first-order valence-corrected chi connectivity index (χ1v) is 5.02. The van der Waals surface area contributed by atoms with Crippen molar-refractivity contribution in [1.82, 2.24) is 0 Å². The molecule has 15 heavy (non-hydrogen) atoms. The van der Waals surface area contributed by atoms with E-state index in [1.165, 1.54) is 16.7 Å². The second-order valence-corrected chi connectivity index (χ2v) is 3.94. The number of anilines is 2. The van der Waals surface area contributed by atoms with E-state index in [0.29, 0.717) is 5.69 Å². The fraction of sp³-hybridized carbons (Fsp3) is 0.0769. The standard InChI is InChI=1S/C13H12N2/c14-11-6-5-9-7-8-3-1-2-4-10(8)12(9)13(11)15/h1-6H,7,14-15H2. The van der Waals surface area contributed by atoms with Crippen LogP contribution in [-0.2, 0) is 6.42 Å². The zero-order valence-corrected chi connectivity index (χ0v) is 8.33. The summed E-state index contributed by atoms with van der Waals surface area (Å²) in [5.41, 5.74) is 18.2. The van der Waals surface area contributed by atoms with Crippen molar-refractivity contribution in [3.8, 4) is 11.1 Å². The van der Waals surface area contributed by atoms with Gasteiger partial charge in [-0.1, -0.05) is 30.3 Å². The molecular weight excluding hydrogens is 184 g/mol. The molecule has 0 aromatic heterocycles. The maximum absolute atomic E-state index is 6.02. The number of hydrogen-bond donors (Lipinski definition) is 2. The summed E-state index contributed by atoms with van der Waals surface area (Å²) in [5, 5.41) is 0. The van der Waals surface area contributed by atoms with Gasteiger partial charge in [0.05, 0.1) is 11.4 Å². The molecule has 0 spiro atoms. The van der Waals surface area contributed by atoms with Crippen molar-refractivity contribution in [2.45, 2.75) is 6.42 Å². The molecule has 0 aliphatic heterocycles. The largest absolute Gasteiger partial charge is 0.397 e. The minimum Gasteiger partial charge on any atom is -0.397 e. The Labute approximate surface area is 88.5 Å². The zero-order valence-electron chi connectivity index (χ0n) is 8.33. The summed E-state index contributed by atoms with van der Waals surface area (Å²) < 4.78 is 0. The van der Waals surface area contributed by atoms with Crippen molar-refractivity contribution < 1.29 is 0 Å². The monoisotopic (exact) mass is 196 g/mol. The molecule has 4 N–H and O–H groups in total. The number of fused-ring (bicyclic) bond motifs is 3. The van der Waals surface area contributed by atoms with E-state index in [4.69, 9.17) is 11.5 Å². The first-order chi connectivity index (χ1) is 7.27. The lowest BCUT2D eigenvalue weighted by Crippen LogP contribution is -1.97. The van der Waals surface area contributed by atoms with E-state index in [1.54, 1.807) is 0 Å². The van der Waals surface area contributed by atoms with E-state index in [0.717, 1.165) is 17.7 Å². The molecule has 0 saturated heterocycles. The van der Waals surface area contributed by atoms with Crippen molar-refractivity contribution in [1.29, 1.82) is 0 Å². The van der Waals surface area contributed by atoms with Gasteiger partial charge in [0.25, 0.3) is 0 Å². The normalized spacial score (nSPS) is 12.3. The number of hydrogen-bond acceptors (Lipinski definition) is 2. The molecule has 0 radical (unpaired) electrons. The molecule has 1 aliphatic carbocycles. The van der Waals surface area contributed by atoms with Crippen LogP contribution in [0.4, 0.5) is 11.4 Å². The Hall–Kier alpha value is -1.96. The molecular formula is C13H12N2. The molecule has 0 amide bonds. The molecule has 0 atom stereocenters. The molecule has 2 nitrogen and oxygen atoms in total. The maximum atomic E-state index is 6.02. The van der Waals surface area contributed by atoms with Gasteiger partial charge in [-0.25, -0.2) is 0 Å². The fourth-order valence-electron chi connectivity index (χ4n) is 2.27. The van der Waals surface area contributed by atoms with Crippen LogP contribution in [0.1, 0.15) is 11.1 Å². The Balaban J connectivity index is 2.36. The van der Waals surface area contributed by atoms with Crippen molar-refractivity contribution >= 4 is 11.4 Å². The third kappa shape index (κ3) is 1.05. The second-order valence-electron chi connectivity index (χ2n) is 3.94. The molecule has 3 rings (SSSR count). The molecule has 2 aromatic rings. The van der Waals surface area contributed by atoms with Gasteiger partial charge in [0.1, 0.15) is 0 Å². The van der Waals surface area contributed by atoms with Crippen LogP contribution < -0.4 is 11.5 Å². The summed E-state index contributed by atoms with van der Waals surface area (Å²) in [5.74, 6) is 0. The van der Waals surface area contributed by atoms with Gasteiger partial charge in [0.2, 0.25) is 0 Å². The Morgan fingerprint density at radius 1 is 0.867 bits per heavy atom. The van der Waals surface area contributed by atoms with Gasteiger partial charge in [-0.2, -0.15) is 0 Å². The zero-order chi connectivity index (χ0) is 10.4. The van der Waals surface area contributed by atoms with Crippen LogP contribution in [-0.4, -0.2) is 0 Å². The predicted octanol–water partition coefficient (Wildman–Crippen LogP) is 2.42. The van der Waals surface area contributed by atoms with E-state index in [2.05, 4.69) is 24.3 Å². The average Bonchev–Trinajstić information content (AvgIpc) is 2.62. The predicted molar refractivity (Wildman–Crippen MR) is 63.5 cm³/mol. The highest BCUT2D eigenvalue weighted by Gasteiger charge is 2.20. The highest BCUT2D eigenvalue weighted by molar-refractivity contribution is 5.91. The number of rotatable bonds is 0. The van der Waals surface area contributed by atoms with Gasteiger partial charge in [-0.15, -0.1) is 0 Å². The molecule has 2 heteroatoms. The highest BCUT2D eigenvalue weighted by atomic mass is 14.7. The lowest BCUT2D eigenvalue weighted by molar-refractivity contribution is 1.26. The summed E-state index contributed by atoms with van der Waals surface area (Å²) in [4.78, 5) is 0. The Bertz CT molecular complexity index is 544. The van der Waals surface area contributed by atoms with Gasteiger partial charge in [-0.3, -0.25) is 0 Å². The minimum absolute atomic E-state index is 0.672. The first-order valence-electron chi connectivity index (χ1n) is 5.02. The Kier molecular flexibility index (Phi) is 1.54. The van der Waals surface area contributed by atoms with E-state index in [9.17, 15) is 0 Å². The summed E-state index contributed by atoms with van der Waals surface area (Å²) in [6.07, 6.45) is 0.968. The van der Waals surface area contributed by atoms with E-state index in [-0.39, 0.29) is 0 Å². The first kappa shape index (κ1) is 8.36. The lowest BCUT2D eigenvalue weighted by atomic mass is 10.0. The maximum Gasteiger partial charge on any atom is 0.0630 e. The molecule has 2 aromatic carbocycles. The van der Waals surface area contributed by atoms with Crippen molar-refractivity contribution in [2.75, 3.05) is 11.5 Å². The van der Waals surface area contributed by atoms with Crippen LogP contribution in [0.3, 0.4) is 0 Å². The number of nitrogens with two attached hydrogens (primary N) is 2. The Morgan fingerprint density at radius 2 is 1.67 bits per heavy atom. The number of benzene rings is 2. The molecule has 0 heterocycles. The topological polar surface area (TPSA) is 52.0 Å². The van der Waals surface area contributed by atoms with Crippen LogP contribution in [0.15, 0.2) is 36.4 Å². The van der Waals surface area contributed by atoms with Crippen LogP contribution in [0.25, 0.3) is 11.1 Å². The SMILES string of the molecule is Nc1ccc2c(c1N)-c1ccccc1C2. The highest BCUT2D eigenvalue weighted by Crippen LogP contribution is 2.42. The minimum atomic E-state index is 0.672. The van der Waals surface area contributed by atoms with Gasteiger partial charge in [-0.05, 0) is 29.2 Å². The summed E-state index contributed by atoms with van der Waals surface area (Å²) in [6.45, 7) is 0. The summed E-state index contributed by atoms with van der Waals surface area (Å²) in [6, 6.07) is 12.3. The fourth-order valence-corrected chi connectivity index (χ4v) is 2.27. The van der Waals surface area contributed by atoms with Crippen LogP contribution in [0, 0.1) is 0 Å². The second kappa shape index (κ2) is 2.76. The number of nitrogen functional groups attached to an aromatic ring is 2. The van der Waals surface area contributed by atoms with Crippen molar-refractivity contribution in [2.24, 2.45) is 0 Å². The molecule has 0 bridgehead atoms. The van der Waals surface area contributed by atoms with E-state index in [1.807, 2.05) is 12.1 Å². The van der Waals surface area contributed by atoms with Gasteiger partial charge < -0.3 is 11.5 Å². The van der Waals surface area contributed by atoms with E-state index >= 15 is 0 Å². The van der Waals surface area contributed by atoms with Crippen molar-refractivity contribution in [3.63, 3.8) is 0 Å².